The number of aromatic nitrogens is 2. The Morgan fingerprint density at radius 3 is 1.82 bits per heavy atom. The van der Waals surface area contributed by atoms with Gasteiger partial charge in [-0.2, -0.15) is 13.2 Å². The summed E-state index contributed by atoms with van der Waals surface area (Å²) in [6.07, 6.45) is 9.65. The van der Waals surface area contributed by atoms with Crippen LogP contribution in [0.3, 0.4) is 0 Å². The van der Waals surface area contributed by atoms with Gasteiger partial charge < -0.3 is 4.74 Å². The molecule has 0 aliphatic heterocycles. The monoisotopic (exact) mass is 496 g/mol. The van der Waals surface area contributed by atoms with Gasteiger partial charge in [0.05, 0.1) is 19.0 Å². The smallest absolute Gasteiger partial charge is 0.389 e. The van der Waals surface area contributed by atoms with Crippen LogP contribution in [-0.4, -0.2) is 31.5 Å². The number of halogens is 3. The van der Waals surface area contributed by atoms with Gasteiger partial charge in [-0.1, -0.05) is 102 Å². The summed E-state index contributed by atoms with van der Waals surface area (Å²) in [6, 6.07) is 9.91. The van der Waals surface area contributed by atoms with Crippen LogP contribution in [0.5, 0.6) is 5.75 Å². The molecule has 34 heavy (non-hydrogen) atoms. The van der Waals surface area contributed by atoms with E-state index in [4.69, 9.17) is 4.74 Å². The highest BCUT2D eigenvalue weighted by molar-refractivity contribution is 6.55. The molecule has 0 saturated carbocycles. The number of hydrogen-bond donors (Lipinski definition) is 0. The summed E-state index contributed by atoms with van der Waals surface area (Å²) in [7, 11) is -0.567. The largest absolute Gasteiger partial charge is 0.490 e. The molecule has 0 atom stereocenters. The van der Waals surface area contributed by atoms with Crippen molar-refractivity contribution in [3.8, 4) is 17.1 Å². The highest BCUT2D eigenvalue weighted by Crippen LogP contribution is 2.20. The zero-order chi connectivity index (χ0) is 25.2. The maximum Gasteiger partial charge on any atom is 0.389 e. The normalized spacial score (nSPS) is 11.3. The number of benzene rings is 1. The summed E-state index contributed by atoms with van der Waals surface area (Å²) in [5.74, 6) is 1.53. The maximum absolute atomic E-state index is 11.1. The number of alkyl halides is 3. The number of hydrogen-bond acceptors (Lipinski definition) is 3. The quantitative estimate of drug-likeness (QED) is 0.194. The summed E-state index contributed by atoms with van der Waals surface area (Å²) in [4.78, 5) is 8.94. The van der Waals surface area contributed by atoms with Crippen LogP contribution in [-0.2, 0) is 6.04 Å². The summed E-state index contributed by atoms with van der Waals surface area (Å²) in [6.45, 7) is 9.28. The van der Waals surface area contributed by atoms with Crippen molar-refractivity contribution in [3.05, 3.63) is 42.2 Å². The first-order valence-electron chi connectivity index (χ1n) is 12.9. The van der Waals surface area contributed by atoms with Crippen LogP contribution < -0.4 is 4.74 Å². The lowest BCUT2D eigenvalue weighted by molar-refractivity contribution is -0.134. The molecular weight excluding hydrogens is 453 g/mol. The first-order chi connectivity index (χ1) is 16.2. The molecule has 0 unspecified atom stereocenters. The molecule has 1 heterocycles. The predicted octanol–water partition coefficient (Wildman–Crippen LogP) is 8.58. The Bertz CT molecular complexity index is 750. The van der Waals surface area contributed by atoms with E-state index >= 15 is 0 Å². The third-order valence-electron chi connectivity index (χ3n) is 5.28. The third kappa shape index (κ3) is 15.1. The second-order valence-electron chi connectivity index (χ2n) is 9.23. The Labute approximate surface area is 206 Å². The van der Waals surface area contributed by atoms with Gasteiger partial charge in [0, 0.05) is 20.8 Å². The molecule has 1 aromatic heterocycles. The number of unbranched alkanes of at least 4 members (excludes halogenated alkanes) is 7. The molecule has 0 N–H and O–H groups in total. The van der Waals surface area contributed by atoms with Crippen LogP contribution in [0.15, 0.2) is 36.7 Å². The molecule has 0 aliphatic rings. The minimum atomic E-state index is -3.95. The number of rotatable bonds is 14. The van der Waals surface area contributed by atoms with Gasteiger partial charge in [0.2, 0.25) is 0 Å². The first kappa shape index (κ1) is 30.1. The summed E-state index contributed by atoms with van der Waals surface area (Å²) in [5.41, 5.74) is 2.49. The lowest BCUT2D eigenvalue weighted by Crippen LogP contribution is -2.05. The summed E-state index contributed by atoms with van der Waals surface area (Å²) < 4.78 is 39.0. The number of ether oxygens (including phenoxy) is 1. The van der Waals surface area contributed by atoms with Crippen LogP contribution in [0.25, 0.3) is 11.4 Å². The Morgan fingerprint density at radius 2 is 1.35 bits per heavy atom. The number of nitrogens with zero attached hydrogens (tertiary/aromatic N) is 2. The topological polar surface area (TPSA) is 35.0 Å². The second kappa shape index (κ2) is 17.5. The van der Waals surface area contributed by atoms with Crippen LogP contribution in [0, 0.1) is 0 Å². The molecule has 7 heteroatoms. The Balaban J connectivity index is 0.000000718. The SMILES string of the molecule is CCCC(F)(F)F.CCCCCCCCCCOc1cnc(-c2ccc(C[SiH](C)C)cc2)nc1. The van der Waals surface area contributed by atoms with E-state index in [1.807, 2.05) is 0 Å². The van der Waals surface area contributed by atoms with E-state index in [0.717, 1.165) is 30.2 Å². The average Bonchev–Trinajstić information content (AvgIpc) is 2.78. The summed E-state index contributed by atoms with van der Waals surface area (Å²) >= 11 is 0. The van der Waals surface area contributed by atoms with Crippen LogP contribution in [0.4, 0.5) is 13.2 Å². The van der Waals surface area contributed by atoms with Gasteiger partial charge in [0.1, 0.15) is 0 Å². The standard InChI is InChI=1S/C23H36N2OSi.C4H7F3/c1-4-5-6-7-8-9-10-11-16-26-22-17-24-23(25-18-22)21-14-12-20(13-15-21)19-27(2)3;1-2-3-4(5,6)7/h12-15,17-18,27H,4-11,16,19H2,1-3H3;2-3H2,1H3. The van der Waals surface area contributed by atoms with Crippen LogP contribution >= 0.6 is 0 Å². The fraction of sp³-hybridized carbons (Fsp3) is 0.630. The van der Waals surface area contributed by atoms with Crippen molar-refractivity contribution in [3.63, 3.8) is 0 Å². The fourth-order valence-corrected chi connectivity index (χ4v) is 4.73. The summed E-state index contributed by atoms with van der Waals surface area (Å²) in [5, 5.41) is 0. The van der Waals surface area contributed by atoms with E-state index in [1.54, 1.807) is 12.4 Å². The van der Waals surface area contributed by atoms with Crippen LogP contribution in [0.2, 0.25) is 13.1 Å². The molecule has 2 aromatic rings. The Hall–Kier alpha value is -1.89. The van der Waals surface area contributed by atoms with E-state index in [1.165, 1.54) is 63.5 Å². The van der Waals surface area contributed by atoms with Gasteiger partial charge in [0.15, 0.2) is 11.6 Å². The second-order valence-corrected chi connectivity index (χ2v) is 12.4. The molecule has 192 valence electrons. The van der Waals surface area contributed by atoms with Gasteiger partial charge in [-0.05, 0) is 18.9 Å². The minimum absolute atomic E-state index is 0.184. The molecule has 0 radical (unpaired) electrons. The third-order valence-corrected chi connectivity index (χ3v) is 6.57. The Morgan fingerprint density at radius 1 is 0.794 bits per heavy atom. The van der Waals surface area contributed by atoms with Gasteiger partial charge >= 0.3 is 6.18 Å². The molecule has 0 fully saturated rings. The fourth-order valence-electron chi connectivity index (χ4n) is 3.51. The van der Waals surface area contributed by atoms with Crippen molar-refractivity contribution >= 4 is 8.80 Å². The predicted molar refractivity (Wildman–Crippen MR) is 139 cm³/mol. The van der Waals surface area contributed by atoms with Crippen molar-refractivity contribution < 1.29 is 17.9 Å². The Kier molecular flexibility index (Phi) is 15.5. The lowest BCUT2D eigenvalue weighted by atomic mass is 10.1. The molecule has 3 nitrogen and oxygen atoms in total. The van der Waals surface area contributed by atoms with Gasteiger partial charge in [-0.25, -0.2) is 9.97 Å². The zero-order valence-corrected chi connectivity index (χ0v) is 22.6. The average molecular weight is 497 g/mol. The molecule has 0 aliphatic carbocycles. The highest BCUT2D eigenvalue weighted by Gasteiger charge is 2.24. The molecule has 0 saturated heterocycles. The molecule has 0 amide bonds. The van der Waals surface area contributed by atoms with E-state index in [0.29, 0.717) is 0 Å². The van der Waals surface area contributed by atoms with Gasteiger partial charge in [-0.15, -0.1) is 0 Å². The molecule has 0 spiro atoms. The van der Waals surface area contributed by atoms with Crippen LogP contribution in [0.1, 0.15) is 83.6 Å². The van der Waals surface area contributed by atoms with E-state index < -0.39 is 21.4 Å². The van der Waals surface area contributed by atoms with E-state index in [2.05, 4.69) is 54.3 Å². The van der Waals surface area contributed by atoms with Crippen molar-refractivity contribution in [2.24, 2.45) is 0 Å². The first-order valence-corrected chi connectivity index (χ1v) is 16.0. The van der Waals surface area contributed by atoms with Crippen molar-refractivity contribution in [2.75, 3.05) is 6.61 Å². The molecular formula is C27H43F3N2OSi. The maximum atomic E-state index is 11.1. The lowest BCUT2D eigenvalue weighted by Gasteiger charge is -2.07. The molecule has 0 bridgehead atoms. The van der Waals surface area contributed by atoms with E-state index in [-0.39, 0.29) is 6.42 Å². The highest BCUT2D eigenvalue weighted by atomic mass is 28.3. The molecule has 2 rings (SSSR count). The van der Waals surface area contributed by atoms with Crippen molar-refractivity contribution in [2.45, 2.75) is 103 Å². The van der Waals surface area contributed by atoms with Crippen molar-refractivity contribution in [1.29, 1.82) is 0 Å². The van der Waals surface area contributed by atoms with Gasteiger partial charge in [-0.3, -0.25) is 0 Å². The molecule has 1 aromatic carbocycles. The van der Waals surface area contributed by atoms with Gasteiger partial charge in [0.25, 0.3) is 0 Å². The van der Waals surface area contributed by atoms with Crippen molar-refractivity contribution in [1.82, 2.24) is 9.97 Å². The minimum Gasteiger partial charge on any atom is -0.490 e. The zero-order valence-electron chi connectivity index (χ0n) is 21.5. The van der Waals surface area contributed by atoms with E-state index in [9.17, 15) is 13.2 Å².